The van der Waals surface area contributed by atoms with Crippen LogP contribution >= 0.6 is 0 Å². The number of carbonyl (C=O) groups is 3. The Morgan fingerprint density at radius 1 is 1.10 bits per heavy atom. The average molecular weight is 416 g/mol. The number of H-pyrrole nitrogens is 1. The molecule has 0 saturated heterocycles. The Morgan fingerprint density at radius 2 is 1.81 bits per heavy atom. The van der Waals surface area contributed by atoms with Crippen molar-refractivity contribution in [3.05, 3.63) is 78.0 Å². The highest BCUT2D eigenvalue weighted by atomic mass is 16.4. The van der Waals surface area contributed by atoms with E-state index in [1.54, 1.807) is 25.3 Å². The summed E-state index contributed by atoms with van der Waals surface area (Å²) >= 11 is 0. The van der Waals surface area contributed by atoms with Crippen LogP contribution in [0.15, 0.2) is 65.2 Å². The van der Waals surface area contributed by atoms with Gasteiger partial charge in [0.2, 0.25) is 11.5 Å². The van der Waals surface area contributed by atoms with Crippen LogP contribution in [-0.4, -0.2) is 33.6 Å². The molecule has 4 N–H and O–H groups in total. The lowest BCUT2D eigenvalue weighted by molar-refractivity contribution is -0.137. The second-order valence-corrected chi connectivity index (χ2v) is 7.09. The maximum Gasteiger partial charge on any atom is 0.290 e. The Balaban J connectivity index is 1.64. The lowest BCUT2D eigenvalue weighted by Crippen LogP contribution is -2.47. The summed E-state index contributed by atoms with van der Waals surface area (Å²) in [7, 11) is 0. The van der Waals surface area contributed by atoms with Crippen molar-refractivity contribution < 1.29 is 18.8 Å². The van der Waals surface area contributed by atoms with E-state index in [4.69, 9.17) is 10.2 Å². The van der Waals surface area contributed by atoms with E-state index in [0.717, 1.165) is 16.5 Å². The zero-order chi connectivity index (χ0) is 22.0. The molecule has 1 atom stereocenters. The van der Waals surface area contributed by atoms with Crippen molar-refractivity contribution in [1.82, 2.24) is 15.3 Å². The number of carbonyl (C=O) groups excluding carboxylic acids is 3. The summed E-state index contributed by atoms with van der Waals surface area (Å²) in [5.74, 6) is -2.40. The third-order valence-corrected chi connectivity index (χ3v) is 4.95. The number of aromatic amines is 1. The second kappa shape index (κ2) is 8.27. The zero-order valence-corrected chi connectivity index (χ0v) is 16.7. The number of benzene rings is 2. The molecule has 0 bridgehead atoms. The van der Waals surface area contributed by atoms with E-state index < -0.39 is 23.6 Å². The molecule has 4 aromatic rings. The van der Waals surface area contributed by atoms with Crippen molar-refractivity contribution in [3.8, 4) is 11.3 Å². The van der Waals surface area contributed by atoms with Gasteiger partial charge in [-0.3, -0.25) is 14.4 Å². The number of aromatic nitrogens is 2. The van der Waals surface area contributed by atoms with Gasteiger partial charge in [0, 0.05) is 36.0 Å². The van der Waals surface area contributed by atoms with Crippen LogP contribution in [0.4, 0.5) is 0 Å². The van der Waals surface area contributed by atoms with E-state index in [-0.39, 0.29) is 12.2 Å². The van der Waals surface area contributed by atoms with E-state index >= 15 is 0 Å². The van der Waals surface area contributed by atoms with Crippen molar-refractivity contribution in [2.24, 2.45) is 5.73 Å². The molecule has 0 radical (unpaired) electrons. The molecule has 2 amide bonds. The topological polar surface area (TPSA) is 131 Å². The highest BCUT2D eigenvalue weighted by molar-refractivity contribution is 6.38. The average Bonchev–Trinajstić information content (AvgIpc) is 3.37. The van der Waals surface area contributed by atoms with Crippen molar-refractivity contribution >= 4 is 28.5 Å². The van der Waals surface area contributed by atoms with Crippen LogP contribution in [0.5, 0.6) is 0 Å². The van der Waals surface area contributed by atoms with Crippen LogP contribution in [0.2, 0.25) is 0 Å². The highest BCUT2D eigenvalue weighted by Gasteiger charge is 2.29. The van der Waals surface area contributed by atoms with Crippen LogP contribution in [0.3, 0.4) is 0 Å². The largest absolute Gasteiger partial charge is 0.435 e. The summed E-state index contributed by atoms with van der Waals surface area (Å²) < 4.78 is 5.52. The van der Waals surface area contributed by atoms with Gasteiger partial charge < -0.3 is 20.5 Å². The molecule has 31 heavy (non-hydrogen) atoms. The number of oxazole rings is 1. The number of fused-ring (bicyclic) bond motifs is 1. The number of amides is 2. The third-order valence-electron chi connectivity index (χ3n) is 4.95. The fourth-order valence-electron chi connectivity index (χ4n) is 3.50. The number of rotatable bonds is 7. The number of nitrogens with one attached hydrogen (secondary N) is 2. The smallest absolute Gasteiger partial charge is 0.290 e. The number of aryl methyl sites for hydroxylation is 1. The maximum absolute atomic E-state index is 13.0. The van der Waals surface area contributed by atoms with Crippen LogP contribution < -0.4 is 11.1 Å². The van der Waals surface area contributed by atoms with Gasteiger partial charge in [0.25, 0.3) is 11.8 Å². The molecule has 8 heteroatoms. The Morgan fingerprint density at radius 3 is 2.55 bits per heavy atom. The number of nitrogens with two attached hydrogens (primary N) is 1. The first-order valence-electron chi connectivity index (χ1n) is 9.66. The van der Waals surface area contributed by atoms with Gasteiger partial charge in [-0.05, 0) is 11.6 Å². The van der Waals surface area contributed by atoms with E-state index in [9.17, 15) is 14.4 Å². The summed E-state index contributed by atoms with van der Waals surface area (Å²) in [6, 6.07) is 15.5. The fourth-order valence-corrected chi connectivity index (χ4v) is 3.50. The SMILES string of the molecule is Cc1nc(-c2ccccc2)c(C(=O)N[C@@H](Cc2c[nH]c3ccccc23)C(=O)C(N)=O)o1. The monoisotopic (exact) mass is 416 g/mol. The Labute approximate surface area is 177 Å². The fraction of sp³-hybridized carbons (Fsp3) is 0.130. The summed E-state index contributed by atoms with van der Waals surface area (Å²) in [5, 5.41) is 3.49. The van der Waals surface area contributed by atoms with Crippen molar-refractivity contribution in [2.75, 3.05) is 0 Å². The van der Waals surface area contributed by atoms with Crippen molar-refractivity contribution in [2.45, 2.75) is 19.4 Å². The summed E-state index contributed by atoms with van der Waals surface area (Å²) in [6.45, 7) is 1.63. The molecule has 2 aromatic carbocycles. The summed E-state index contributed by atoms with van der Waals surface area (Å²) in [4.78, 5) is 44.5. The normalized spacial score (nSPS) is 11.9. The van der Waals surface area contributed by atoms with Crippen LogP contribution in [0.25, 0.3) is 22.2 Å². The number of Topliss-reactive ketones (excluding diaryl/α,β-unsaturated/α-hetero) is 1. The molecule has 0 aliphatic rings. The molecule has 4 rings (SSSR count). The van der Waals surface area contributed by atoms with Crippen LogP contribution in [-0.2, 0) is 16.0 Å². The Kier molecular flexibility index (Phi) is 5.36. The van der Waals surface area contributed by atoms with E-state index in [0.29, 0.717) is 17.1 Å². The van der Waals surface area contributed by atoms with Crippen LogP contribution in [0.1, 0.15) is 22.0 Å². The molecular formula is C23H20N4O4. The highest BCUT2D eigenvalue weighted by Crippen LogP contribution is 2.24. The Bertz CT molecular complexity index is 1270. The molecule has 2 aromatic heterocycles. The van der Waals surface area contributed by atoms with Gasteiger partial charge in [0.05, 0.1) is 0 Å². The minimum atomic E-state index is -1.15. The molecule has 2 heterocycles. The summed E-state index contributed by atoms with van der Waals surface area (Å²) in [5.41, 5.74) is 7.93. The van der Waals surface area contributed by atoms with Gasteiger partial charge in [0.1, 0.15) is 11.7 Å². The van der Waals surface area contributed by atoms with E-state index in [2.05, 4.69) is 15.3 Å². The third kappa shape index (κ3) is 4.09. The number of nitrogens with zero attached hydrogens (tertiary/aromatic N) is 1. The van der Waals surface area contributed by atoms with Gasteiger partial charge in [-0.15, -0.1) is 0 Å². The Hall–Kier alpha value is -4.20. The maximum atomic E-state index is 13.0. The van der Waals surface area contributed by atoms with Gasteiger partial charge in [-0.25, -0.2) is 4.98 Å². The van der Waals surface area contributed by atoms with Crippen molar-refractivity contribution in [3.63, 3.8) is 0 Å². The van der Waals surface area contributed by atoms with Gasteiger partial charge >= 0.3 is 0 Å². The van der Waals surface area contributed by atoms with E-state index in [1.807, 2.05) is 42.5 Å². The predicted octanol–water partition coefficient (Wildman–Crippen LogP) is 2.53. The van der Waals surface area contributed by atoms with Gasteiger partial charge in [-0.2, -0.15) is 0 Å². The number of ketones is 1. The molecule has 0 spiro atoms. The first kappa shape index (κ1) is 20.1. The number of para-hydroxylation sites is 1. The second-order valence-electron chi connectivity index (χ2n) is 7.09. The van der Waals surface area contributed by atoms with Crippen molar-refractivity contribution in [1.29, 1.82) is 0 Å². The lowest BCUT2D eigenvalue weighted by Gasteiger charge is -2.15. The molecule has 0 saturated carbocycles. The quantitative estimate of drug-likeness (QED) is 0.399. The summed E-state index contributed by atoms with van der Waals surface area (Å²) in [6.07, 6.45) is 1.83. The first-order valence-corrected chi connectivity index (χ1v) is 9.66. The predicted molar refractivity (Wildman–Crippen MR) is 114 cm³/mol. The molecule has 8 nitrogen and oxygen atoms in total. The number of hydrogen-bond donors (Lipinski definition) is 3. The molecule has 0 aliphatic carbocycles. The minimum Gasteiger partial charge on any atom is -0.435 e. The van der Waals surface area contributed by atoms with Crippen LogP contribution in [0, 0.1) is 6.92 Å². The first-order chi connectivity index (χ1) is 14.9. The van der Waals surface area contributed by atoms with E-state index in [1.165, 1.54) is 0 Å². The minimum absolute atomic E-state index is 0.0371. The van der Waals surface area contributed by atoms with Gasteiger partial charge in [0.15, 0.2) is 5.89 Å². The molecule has 156 valence electrons. The molecule has 0 aliphatic heterocycles. The van der Waals surface area contributed by atoms with Gasteiger partial charge in [-0.1, -0.05) is 48.5 Å². The molecule has 0 fully saturated rings. The molecule has 0 unspecified atom stereocenters. The lowest BCUT2D eigenvalue weighted by atomic mass is 10.0. The standard InChI is InChI=1S/C23H20N4O4/c1-13-26-19(14-7-3-2-4-8-14)21(31-13)23(30)27-18(20(28)22(24)29)11-15-12-25-17-10-6-5-9-16(15)17/h2-10,12,18,25H,11H2,1H3,(H2,24,29)(H,27,30)/t18-/m0/s1. The zero-order valence-electron chi connectivity index (χ0n) is 16.7. The number of hydrogen-bond acceptors (Lipinski definition) is 5. The molecular weight excluding hydrogens is 396 g/mol. The number of primary amides is 1.